The summed E-state index contributed by atoms with van der Waals surface area (Å²) in [6.45, 7) is 1.90. The summed E-state index contributed by atoms with van der Waals surface area (Å²) < 4.78 is 4.80. The SMILES string of the molecule is COC(=O)c1cc(C)c(CCO)c(-n2nc3ccccc3n2)c1. The second-order valence-electron chi connectivity index (χ2n) is 5.23. The van der Waals surface area contributed by atoms with Gasteiger partial charge in [-0.15, -0.1) is 10.2 Å². The van der Waals surface area contributed by atoms with Crippen molar-refractivity contribution in [2.75, 3.05) is 13.7 Å². The Labute approximate surface area is 133 Å². The Morgan fingerprint density at radius 1 is 1.22 bits per heavy atom. The predicted molar refractivity (Wildman–Crippen MR) is 85.7 cm³/mol. The number of aliphatic hydroxyl groups excluding tert-OH is 1. The van der Waals surface area contributed by atoms with E-state index in [9.17, 15) is 9.90 Å². The first-order chi connectivity index (χ1) is 11.1. The topological polar surface area (TPSA) is 77.2 Å². The van der Waals surface area contributed by atoms with Crippen LogP contribution in [0.25, 0.3) is 16.7 Å². The summed E-state index contributed by atoms with van der Waals surface area (Å²) in [5.41, 5.74) is 4.43. The fourth-order valence-corrected chi connectivity index (χ4v) is 2.62. The molecule has 0 bridgehead atoms. The standard InChI is InChI=1S/C17H17N3O3/c1-11-9-12(17(22)23-2)10-16(13(11)7-8-21)20-18-14-5-3-4-6-15(14)19-20/h3-6,9-10,21H,7-8H2,1-2H3. The van der Waals surface area contributed by atoms with Crippen molar-refractivity contribution in [3.8, 4) is 5.69 Å². The van der Waals surface area contributed by atoms with Gasteiger partial charge in [0.05, 0.1) is 18.4 Å². The zero-order valence-electron chi connectivity index (χ0n) is 13.0. The van der Waals surface area contributed by atoms with Gasteiger partial charge in [0.15, 0.2) is 0 Å². The number of carbonyl (C=O) groups excluding carboxylic acids is 1. The summed E-state index contributed by atoms with van der Waals surface area (Å²) in [6, 6.07) is 11.0. The number of fused-ring (bicyclic) bond motifs is 1. The van der Waals surface area contributed by atoms with E-state index in [0.29, 0.717) is 17.7 Å². The monoisotopic (exact) mass is 311 g/mol. The molecule has 6 nitrogen and oxygen atoms in total. The molecular weight excluding hydrogens is 294 g/mol. The molecule has 118 valence electrons. The maximum atomic E-state index is 11.9. The average Bonchev–Trinajstić information content (AvgIpc) is 2.99. The number of aryl methyl sites for hydroxylation is 1. The number of aromatic nitrogens is 3. The molecule has 0 aliphatic heterocycles. The highest BCUT2D eigenvalue weighted by Crippen LogP contribution is 2.23. The molecule has 0 amide bonds. The van der Waals surface area contributed by atoms with Crippen LogP contribution in [0.2, 0.25) is 0 Å². The van der Waals surface area contributed by atoms with E-state index in [0.717, 1.165) is 22.2 Å². The highest BCUT2D eigenvalue weighted by Gasteiger charge is 2.16. The molecule has 3 aromatic rings. The first-order valence-corrected chi connectivity index (χ1v) is 7.29. The molecule has 2 aromatic carbocycles. The van der Waals surface area contributed by atoms with Crippen LogP contribution in [0.1, 0.15) is 21.5 Å². The Hall–Kier alpha value is -2.73. The molecule has 0 atom stereocenters. The van der Waals surface area contributed by atoms with Crippen LogP contribution in [-0.2, 0) is 11.2 Å². The van der Waals surface area contributed by atoms with Crippen LogP contribution < -0.4 is 0 Å². The average molecular weight is 311 g/mol. The summed E-state index contributed by atoms with van der Waals surface area (Å²) in [5.74, 6) is -0.415. The molecule has 23 heavy (non-hydrogen) atoms. The summed E-state index contributed by atoms with van der Waals surface area (Å²) in [4.78, 5) is 13.4. The minimum absolute atomic E-state index is 0.00615. The Morgan fingerprint density at radius 2 is 1.87 bits per heavy atom. The van der Waals surface area contributed by atoms with E-state index in [1.807, 2.05) is 31.2 Å². The predicted octanol–water partition coefficient (Wildman–Crippen LogP) is 2.05. The van der Waals surface area contributed by atoms with Crippen LogP contribution in [-0.4, -0.2) is 39.8 Å². The van der Waals surface area contributed by atoms with E-state index in [-0.39, 0.29) is 6.61 Å². The molecule has 1 N–H and O–H groups in total. The number of carbonyl (C=O) groups is 1. The molecule has 0 spiro atoms. The van der Waals surface area contributed by atoms with Gasteiger partial charge in [0.1, 0.15) is 11.0 Å². The molecule has 1 heterocycles. The number of benzene rings is 2. The van der Waals surface area contributed by atoms with Crippen LogP contribution in [0, 0.1) is 6.92 Å². The van der Waals surface area contributed by atoms with Crippen LogP contribution in [0.5, 0.6) is 0 Å². The maximum Gasteiger partial charge on any atom is 0.337 e. The molecular formula is C17H17N3O3. The van der Waals surface area contributed by atoms with Crippen molar-refractivity contribution in [1.82, 2.24) is 15.0 Å². The molecule has 0 saturated heterocycles. The van der Waals surface area contributed by atoms with Crippen molar-refractivity contribution >= 4 is 17.0 Å². The first kappa shape index (κ1) is 15.2. The maximum absolute atomic E-state index is 11.9. The van der Waals surface area contributed by atoms with Gasteiger partial charge in [0.25, 0.3) is 0 Å². The van der Waals surface area contributed by atoms with E-state index < -0.39 is 5.97 Å². The van der Waals surface area contributed by atoms with Gasteiger partial charge in [-0.1, -0.05) is 12.1 Å². The van der Waals surface area contributed by atoms with Gasteiger partial charge in [-0.05, 0) is 48.7 Å². The molecule has 0 unspecified atom stereocenters. The van der Waals surface area contributed by atoms with Gasteiger partial charge in [-0.3, -0.25) is 0 Å². The van der Waals surface area contributed by atoms with E-state index in [1.54, 1.807) is 12.1 Å². The fraction of sp³-hybridized carbons (Fsp3) is 0.235. The molecule has 3 rings (SSSR count). The molecule has 0 fully saturated rings. The largest absolute Gasteiger partial charge is 0.465 e. The van der Waals surface area contributed by atoms with Gasteiger partial charge in [0.2, 0.25) is 0 Å². The number of nitrogens with zero attached hydrogens (tertiary/aromatic N) is 3. The van der Waals surface area contributed by atoms with Crippen molar-refractivity contribution in [3.05, 3.63) is 53.1 Å². The molecule has 0 aliphatic rings. The van der Waals surface area contributed by atoms with Crippen molar-refractivity contribution in [2.24, 2.45) is 0 Å². The Bertz CT molecular complexity index is 838. The van der Waals surface area contributed by atoms with E-state index >= 15 is 0 Å². The number of rotatable bonds is 4. The molecule has 0 saturated carbocycles. The van der Waals surface area contributed by atoms with Crippen molar-refractivity contribution in [1.29, 1.82) is 0 Å². The van der Waals surface area contributed by atoms with Gasteiger partial charge >= 0.3 is 5.97 Å². The number of ether oxygens (including phenoxy) is 1. The zero-order chi connectivity index (χ0) is 16.4. The van der Waals surface area contributed by atoms with E-state index in [1.165, 1.54) is 11.9 Å². The summed E-state index contributed by atoms with van der Waals surface area (Å²) in [5, 5.41) is 18.3. The van der Waals surface area contributed by atoms with Gasteiger partial charge in [-0.25, -0.2) is 4.79 Å². The van der Waals surface area contributed by atoms with Crippen molar-refractivity contribution in [2.45, 2.75) is 13.3 Å². The van der Waals surface area contributed by atoms with Crippen LogP contribution >= 0.6 is 0 Å². The Kier molecular flexibility index (Phi) is 4.08. The third-order valence-electron chi connectivity index (χ3n) is 3.73. The third-order valence-corrected chi connectivity index (χ3v) is 3.73. The number of aliphatic hydroxyl groups is 1. The van der Waals surface area contributed by atoms with Crippen molar-refractivity contribution in [3.63, 3.8) is 0 Å². The highest BCUT2D eigenvalue weighted by molar-refractivity contribution is 5.90. The first-order valence-electron chi connectivity index (χ1n) is 7.29. The lowest BCUT2D eigenvalue weighted by Crippen LogP contribution is -2.10. The Balaban J connectivity index is 2.21. The lowest BCUT2D eigenvalue weighted by atomic mass is 10.0. The molecule has 1 aromatic heterocycles. The number of hydrogen-bond acceptors (Lipinski definition) is 5. The third kappa shape index (κ3) is 2.80. The smallest absolute Gasteiger partial charge is 0.337 e. The van der Waals surface area contributed by atoms with Crippen molar-refractivity contribution < 1.29 is 14.6 Å². The minimum atomic E-state index is -0.415. The van der Waals surface area contributed by atoms with Gasteiger partial charge in [0, 0.05) is 6.61 Å². The van der Waals surface area contributed by atoms with E-state index in [2.05, 4.69) is 10.2 Å². The minimum Gasteiger partial charge on any atom is -0.465 e. The zero-order valence-corrected chi connectivity index (χ0v) is 13.0. The second-order valence-corrected chi connectivity index (χ2v) is 5.23. The van der Waals surface area contributed by atoms with Crippen LogP contribution in [0.15, 0.2) is 36.4 Å². The summed E-state index contributed by atoms with van der Waals surface area (Å²) in [6.07, 6.45) is 0.459. The number of methoxy groups -OCH3 is 1. The van der Waals surface area contributed by atoms with Crippen LogP contribution in [0.3, 0.4) is 0 Å². The Morgan fingerprint density at radius 3 is 2.43 bits per heavy atom. The summed E-state index contributed by atoms with van der Waals surface area (Å²) in [7, 11) is 1.35. The molecule has 0 radical (unpaired) electrons. The lowest BCUT2D eigenvalue weighted by molar-refractivity contribution is 0.0600. The quantitative estimate of drug-likeness (QED) is 0.746. The second kappa shape index (κ2) is 6.18. The number of esters is 1. The van der Waals surface area contributed by atoms with Crippen LogP contribution in [0.4, 0.5) is 0 Å². The van der Waals surface area contributed by atoms with Gasteiger partial charge < -0.3 is 9.84 Å². The highest BCUT2D eigenvalue weighted by atomic mass is 16.5. The van der Waals surface area contributed by atoms with E-state index in [4.69, 9.17) is 4.74 Å². The molecule has 0 aliphatic carbocycles. The fourth-order valence-electron chi connectivity index (χ4n) is 2.62. The molecule has 6 heteroatoms. The normalized spacial score (nSPS) is 10.9. The van der Waals surface area contributed by atoms with Gasteiger partial charge in [-0.2, -0.15) is 4.80 Å². The summed E-state index contributed by atoms with van der Waals surface area (Å²) >= 11 is 0. The number of hydrogen-bond donors (Lipinski definition) is 1. The lowest BCUT2D eigenvalue weighted by Gasteiger charge is -2.13.